The first kappa shape index (κ1) is 19.6. The molecule has 2 aliphatic rings. The highest BCUT2D eigenvalue weighted by Crippen LogP contribution is 2.23. The molecule has 0 radical (unpaired) electrons. The first-order valence-corrected chi connectivity index (χ1v) is 9.91. The number of piperidine rings is 1. The number of ether oxygens (including phenoxy) is 2. The number of aromatic nitrogens is 2. The molecule has 0 bridgehead atoms. The molecule has 2 saturated heterocycles. The number of hydrogen-bond donors (Lipinski definition) is 0. The van der Waals surface area contributed by atoms with Gasteiger partial charge in [-0.25, -0.2) is 9.37 Å². The molecular weight excluding hydrogens is 375 g/mol. The number of aryl methyl sites for hydroxylation is 1. The van der Waals surface area contributed by atoms with Crippen molar-refractivity contribution in [2.75, 3.05) is 37.7 Å². The van der Waals surface area contributed by atoms with E-state index in [-0.39, 0.29) is 30.5 Å². The van der Waals surface area contributed by atoms with Crippen LogP contribution in [0.15, 0.2) is 36.7 Å². The van der Waals surface area contributed by atoms with Gasteiger partial charge in [0.25, 0.3) is 0 Å². The lowest BCUT2D eigenvalue weighted by Crippen LogP contribution is -2.55. The highest BCUT2D eigenvalue weighted by molar-refractivity contribution is 5.78. The number of halogens is 1. The van der Waals surface area contributed by atoms with Crippen LogP contribution in [0.5, 0.6) is 5.75 Å². The second kappa shape index (κ2) is 8.73. The van der Waals surface area contributed by atoms with Gasteiger partial charge >= 0.3 is 0 Å². The minimum absolute atomic E-state index is 0.0248. The number of benzene rings is 1. The molecule has 0 saturated carbocycles. The van der Waals surface area contributed by atoms with Crippen molar-refractivity contribution in [1.29, 1.82) is 0 Å². The van der Waals surface area contributed by atoms with E-state index >= 15 is 0 Å². The quantitative estimate of drug-likeness (QED) is 0.767. The van der Waals surface area contributed by atoms with Crippen molar-refractivity contribution in [2.24, 2.45) is 0 Å². The summed E-state index contributed by atoms with van der Waals surface area (Å²) in [6.45, 7) is 4.52. The van der Waals surface area contributed by atoms with Gasteiger partial charge in [-0.05, 0) is 44.0 Å². The highest BCUT2D eigenvalue weighted by atomic mass is 19.1. The molecule has 3 heterocycles. The van der Waals surface area contributed by atoms with Crippen molar-refractivity contribution < 1.29 is 18.7 Å². The van der Waals surface area contributed by atoms with E-state index in [4.69, 9.17) is 9.47 Å². The number of amides is 1. The minimum Gasteiger partial charge on any atom is -0.491 e. The lowest BCUT2D eigenvalue weighted by atomic mass is 10.0. The standard InChI is InChI=1S/C21H25FN4O3/c1-15-10-23-11-20(24-15)25-8-6-17(7-9-25)26-12-19(29-14-21(26)27)13-28-18-4-2-16(22)3-5-18/h2-5,10-11,17,19H,6-9,12-14H2,1H3. The molecule has 0 aliphatic carbocycles. The summed E-state index contributed by atoms with van der Waals surface area (Å²) in [7, 11) is 0. The Balaban J connectivity index is 1.31. The molecule has 1 unspecified atom stereocenters. The molecule has 29 heavy (non-hydrogen) atoms. The molecule has 7 nitrogen and oxygen atoms in total. The van der Waals surface area contributed by atoms with Gasteiger partial charge in [0.2, 0.25) is 5.91 Å². The topological polar surface area (TPSA) is 67.8 Å². The van der Waals surface area contributed by atoms with Crippen LogP contribution in [0.4, 0.5) is 10.2 Å². The van der Waals surface area contributed by atoms with Crippen LogP contribution in [0.2, 0.25) is 0 Å². The van der Waals surface area contributed by atoms with E-state index in [0.29, 0.717) is 18.9 Å². The van der Waals surface area contributed by atoms with E-state index in [1.165, 1.54) is 12.1 Å². The zero-order valence-corrected chi connectivity index (χ0v) is 16.5. The zero-order valence-electron chi connectivity index (χ0n) is 16.5. The fourth-order valence-corrected chi connectivity index (χ4v) is 3.83. The van der Waals surface area contributed by atoms with Gasteiger partial charge in [0.15, 0.2) is 0 Å². The number of nitrogens with zero attached hydrogens (tertiary/aromatic N) is 4. The Morgan fingerprint density at radius 3 is 2.69 bits per heavy atom. The van der Waals surface area contributed by atoms with Gasteiger partial charge in [0.05, 0.1) is 18.4 Å². The minimum atomic E-state index is -0.300. The predicted octanol–water partition coefficient (Wildman–Crippen LogP) is 2.20. The van der Waals surface area contributed by atoms with Gasteiger partial charge in [-0.2, -0.15) is 0 Å². The average Bonchev–Trinajstić information content (AvgIpc) is 2.74. The van der Waals surface area contributed by atoms with Crippen molar-refractivity contribution in [3.8, 4) is 5.75 Å². The van der Waals surface area contributed by atoms with Crippen LogP contribution >= 0.6 is 0 Å². The van der Waals surface area contributed by atoms with E-state index in [1.807, 2.05) is 11.8 Å². The molecule has 0 N–H and O–H groups in total. The summed E-state index contributed by atoms with van der Waals surface area (Å²) < 4.78 is 24.3. The molecular formula is C21H25FN4O3. The van der Waals surface area contributed by atoms with Crippen molar-refractivity contribution in [2.45, 2.75) is 31.9 Å². The molecule has 1 atom stereocenters. The molecule has 1 aromatic heterocycles. The summed E-state index contributed by atoms with van der Waals surface area (Å²) >= 11 is 0. The van der Waals surface area contributed by atoms with Gasteiger partial charge in [0, 0.05) is 25.3 Å². The van der Waals surface area contributed by atoms with Crippen LogP contribution in [0.25, 0.3) is 0 Å². The van der Waals surface area contributed by atoms with Gasteiger partial charge in [-0.15, -0.1) is 0 Å². The Hall–Kier alpha value is -2.74. The largest absolute Gasteiger partial charge is 0.491 e. The summed E-state index contributed by atoms with van der Waals surface area (Å²) in [6, 6.07) is 6.09. The first-order chi connectivity index (χ1) is 14.1. The Bertz CT molecular complexity index is 840. The molecule has 2 aliphatic heterocycles. The van der Waals surface area contributed by atoms with Gasteiger partial charge < -0.3 is 19.3 Å². The second-order valence-corrected chi connectivity index (χ2v) is 7.48. The number of morpholine rings is 1. The maximum absolute atomic E-state index is 13.0. The number of hydrogen-bond acceptors (Lipinski definition) is 6. The third-order valence-corrected chi connectivity index (χ3v) is 5.38. The summed E-state index contributed by atoms with van der Waals surface area (Å²) in [6.07, 6.45) is 5.10. The third-order valence-electron chi connectivity index (χ3n) is 5.38. The van der Waals surface area contributed by atoms with Crippen LogP contribution in [0, 0.1) is 12.7 Å². The van der Waals surface area contributed by atoms with Crippen LogP contribution in [-0.2, 0) is 9.53 Å². The molecule has 1 amide bonds. The number of rotatable bonds is 5. The zero-order chi connectivity index (χ0) is 20.2. The Morgan fingerprint density at radius 1 is 1.21 bits per heavy atom. The summed E-state index contributed by atoms with van der Waals surface area (Å²) in [5.41, 5.74) is 0.900. The van der Waals surface area contributed by atoms with Gasteiger partial charge in [-0.3, -0.25) is 9.78 Å². The summed E-state index contributed by atoms with van der Waals surface area (Å²) in [4.78, 5) is 25.3. The third kappa shape index (κ3) is 4.82. The summed E-state index contributed by atoms with van der Waals surface area (Å²) in [5, 5.41) is 0. The lowest BCUT2D eigenvalue weighted by Gasteiger charge is -2.42. The van der Waals surface area contributed by atoms with Crippen molar-refractivity contribution >= 4 is 11.7 Å². The van der Waals surface area contributed by atoms with Crippen LogP contribution in [0.1, 0.15) is 18.5 Å². The highest BCUT2D eigenvalue weighted by Gasteiger charge is 2.34. The smallest absolute Gasteiger partial charge is 0.248 e. The van der Waals surface area contributed by atoms with E-state index in [2.05, 4.69) is 14.9 Å². The maximum Gasteiger partial charge on any atom is 0.248 e. The number of anilines is 1. The van der Waals surface area contributed by atoms with Crippen LogP contribution in [-0.4, -0.2) is 65.8 Å². The fraction of sp³-hybridized carbons (Fsp3) is 0.476. The van der Waals surface area contributed by atoms with Crippen molar-refractivity contribution in [3.05, 3.63) is 48.2 Å². The van der Waals surface area contributed by atoms with Crippen LogP contribution in [0.3, 0.4) is 0 Å². The normalized spacial score (nSPS) is 20.8. The molecule has 8 heteroatoms. The molecule has 2 aromatic rings. The Morgan fingerprint density at radius 2 is 1.97 bits per heavy atom. The average molecular weight is 400 g/mol. The van der Waals surface area contributed by atoms with Gasteiger partial charge in [-0.1, -0.05) is 0 Å². The van der Waals surface area contributed by atoms with Crippen molar-refractivity contribution in [3.63, 3.8) is 0 Å². The molecule has 0 spiro atoms. The fourth-order valence-electron chi connectivity index (χ4n) is 3.83. The number of carbonyl (C=O) groups excluding carboxylic acids is 1. The monoisotopic (exact) mass is 400 g/mol. The van der Waals surface area contributed by atoms with E-state index in [9.17, 15) is 9.18 Å². The van der Waals surface area contributed by atoms with Crippen LogP contribution < -0.4 is 9.64 Å². The molecule has 2 fully saturated rings. The predicted molar refractivity (Wildman–Crippen MR) is 105 cm³/mol. The van der Waals surface area contributed by atoms with E-state index in [0.717, 1.165) is 37.4 Å². The second-order valence-electron chi connectivity index (χ2n) is 7.48. The molecule has 4 rings (SSSR count). The Labute approximate surface area is 169 Å². The number of carbonyl (C=O) groups is 1. The Kier molecular flexibility index (Phi) is 5.89. The summed E-state index contributed by atoms with van der Waals surface area (Å²) in [5.74, 6) is 1.20. The van der Waals surface area contributed by atoms with E-state index < -0.39 is 0 Å². The first-order valence-electron chi connectivity index (χ1n) is 9.91. The molecule has 154 valence electrons. The van der Waals surface area contributed by atoms with Crippen molar-refractivity contribution in [1.82, 2.24) is 14.9 Å². The SMILES string of the molecule is Cc1cncc(N2CCC(N3CC(COc4ccc(F)cc4)OCC3=O)CC2)n1. The lowest BCUT2D eigenvalue weighted by molar-refractivity contribution is -0.154. The van der Waals surface area contributed by atoms with Gasteiger partial charge in [0.1, 0.15) is 36.7 Å². The van der Waals surface area contributed by atoms with E-state index in [1.54, 1.807) is 24.5 Å². The maximum atomic E-state index is 13.0. The molecule has 1 aromatic carbocycles.